The second kappa shape index (κ2) is 4.52. The first-order valence-electron chi connectivity index (χ1n) is 5.75. The van der Waals surface area contributed by atoms with Gasteiger partial charge in [-0.2, -0.15) is 0 Å². The van der Waals surface area contributed by atoms with E-state index in [1.165, 1.54) is 16.6 Å². The highest BCUT2D eigenvalue weighted by Gasteiger charge is 2.04. The number of unbranched alkanes of at least 4 members (excludes halogenated alkanes) is 1. The molecular weight excluding hydrogens is 196 g/mol. The molecule has 2 nitrogen and oxygen atoms in total. The highest BCUT2D eigenvalue weighted by atomic mass is 15.0. The number of hydrogen-bond acceptors (Lipinski definition) is 1. The zero-order valence-corrected chi connectivity index (χ0v) is 10.0. The van der Waals surface area contributed by atoms with E-state index < -0.39 is 0 Å². The summed E-state index contributed by atoms with van der Waals surface area (Å²) in [5.41, 5.74) is 4.98. The predicted molar refractivity (Wildman–Crippen MR) is 68.6 cm³/mol. The maximum atomic E-state index is 4.44. The Morgan fingerprint density at radius 2 is 2.06 bits per heavy atom. The first kappa shape index (κ1) is 10.9. The van der Waals surface area contributed by atoms with Crippen molar-refractivity contribution in [2.45, 2.75) is 33.2 Å². The van der Waals surface area contributed by atoms with Gasteiger partial charge in [-0.05, 0) is 49.9 Å². The Kier molecular flexibility index (Phi) is 3.09. The number of imidazole rings is 1. The molecule has 0 aliphatic heterocycles. The number of aromatic nitrogens is 2. The summed E-state index contributed by atoms with van der Waals surface area (Å²) in [4.78, 5) is 4.44. The fourth-order valence-electron chi connectivity index (χ4n) is 1.90. The van der Waals surface area contributed by atoms with Gasteiger partial charge in [0.05, 0.1) is 17.4 Å². The number of fused-ring (bicyclic) bond motifs is 1. The van der Waals surface area contributed by atoms with Gasteiger partial charge in [-0.3, -0.25) is 0 Å². The second-order valence-electron chi connectivity index (χ2n) is 4.29. The number of benzene rings is 1. The molecule has 0 saturated carbocycles. The van der Waals surface area contributed by atoms with Crippen molar-refractivity contribution < 1.29 is 0 Å². The molecule has 0 N–H and O–H groups in total. The second-order valence-corrected chi connectivity index (χ2v) is 4.29. The molecule has 0 aliphatic rings. The van der Waals surface area contributed by atoms with E-state index in [9.17, 15) is 0 Å². The van der Waals surface area contributed by atoms with Gasteiger partial charge in [-0.15, -0.1) is 6.58 Å². The molecule has 2 rings (SSSR count). The lowest BCUT2D eigenvalue weighted by Gasteiger charge is -2.04. The first-order chi connectivity index (χ1) is 7.72. The standard InChI is InChI=1S/C14H18N2/c1-4-5-6-7-16-10-15-13-8-11(2)12(3)9-14(13)16/h4,8-10H,1,5-7H2,2-3H3. The molecule has 0 aliphatic carbocycles. The molecule has 16 heavy (non-hydrogen) atoms. The van der Waals surface area contributed by atoms with Gasteiger partial charge in [0.2, 0.25) is 0 Å². The monoisotopic (exact) mass is 214 g/mol. The molecule has 1 aromatic carbocycles. The smallest absolute Gasteiger partial charge is 0.0958 e. The fraction of sp³-hybridized carbons (Fsp3) is 0.357. The predicted octanol–water partition coefficient (Wildman–Crippen LogP) is 3.62. The molecule has 0 atom stereocenters. The summed E-state index contributed by atoms with van der Waals surface area (Å²) in [6.07, 6.45) is 6.09. The Balaban J connectivity index is 2.32. The van der Waals surface area contributed by atoms with E-state index in [0.29, 0.717) is 0 Å². The van der Waals surface area contributed by atoms with E-state index in [1.54, 1.807) is 0 Å². The van der Waals surface area contributed by atoms with Crippen LogP contribution in [-0.2, 0) is 6.54 Å². The molecule has 84 valence electrons. The minimum Gasteiger partial charge on any atom is -0.331 e. The molecule has 1 heterocycles. The van der Waals surface area contributed by atoms with Crippen molar-refractivity contribution in [3.8, 4) is 0 Å². The maximum absolute atomic E-state index is 4.44. The lowest BCUT2D eigenvalue weighted by molar-refractivity contribution is 0.666. The van der Waals surface area contributed by atoms with E-state index in [-0.39, 0.29) is 0 Å². The Bertz CT molecular complexity index is 509. The maximum Gasteiger partial charge on any atom is 0.0958 e. The van der Waals surface area contributed by atoms with Crippen LogP contribution >= 0.6 is 0 Å². The van der Waals surface area contributed by atoms with Crippen LogP contribution < -0.4 is 0 Å². The van der Waals surface area contributed by atoms with Gasteiger partial charge in [0.15, 0.2) is 0 Å². The number of nitrogens with zero attached hydrogens (tertiary/aromatic N) is 2. The average Bonchev–Trinajstić information content (AvgIpc) is 2.63. The van der Waals surface area contributed by atoms with Gasteiger partial charge >= 0.3 is 0 Å². The summed E-state index contributed by atoms with van der Waals surface area (Å²) in [5.74, 6) is 0. The van der Waals surface area contributed by atoms with Crippen molar-refractivity contribution in [1.82, 2.24) is 9.55 Å². The molecule has 0 unspecified atom stereocenters. The Labute approximate surface area is 96.6 Å². The van der Waals surface area contributed by atoms with Crippen LogP contribution in [0.5, 0.6) is 0 Å². The summed E-state index contributed by atoms with van der Waals surface area (Å²) >= 11 is 0. The quantitative estimate of drug-likeness (QED) is 0.561. The van der Waals surface area contributed by atoms with Gasteiger partial charge in [-0.1, -0.05) is 6.08 Å². The van der Waals surface area contributed by atoms with Crippen molar-refractivity contribution >= 4 is 11.0 Å². The summed E-state index contributed by atoms with van der Waals surface area (Å²) < 4.78 is 2.23. The molecule has 2 aromatic rings. The average molecular weight is 214 g/mol. The molecular formula is C14H18N2. The lowest BCUT2D eigenvalue weighted by atomic mass is 10.1. The van der Waals surface area contributed by atoms with Crippen LogP contribution in [0, 0.1) is 13.8 Å². The van der Waals surface area contributed by atoms with Crippen LogP contribution in [0.15, 0.2) is 31.1 Å². The first-order valence-corrected chi connectivity index (χ1v) is 5.75. The molecule has 0 amide bonds. The van der Waals surface area contributed by atoms with E-state index in [0.717, 1.165) is 24.9 Å². The van der Waals surface area contributed by atoms with Crippen LogP contribution in [0.2, 0.25) is 0 Å². The Hall–Kier alpha value is -1.57. The minimum absolute atomic E-state index is 1.02. The summed E-state index contributed by atoms with van der Waals surface area (Å²) in [6.45, 7) is 9.04. The van der Waals surface area contributed by atoms with Gasteiger partial charge in [0, 0.05) is 6.54 Å². The Morgan fingerprint density at radius 3 is 2.81 bits per heavy atom. The number of rotatable bonds is 4. The number of hydrogen-bond donors (Lipinski definition) is 0. The molecule has 0 fully saturated rings. The van der Waals surface area contributed by atoms with Crippen molar-refractivity contribution in [2.75, 3.05) is 0 Å². The van der Waals surface area contributed by atoms with Crippen LogP contribution in [0.1, 0.15) is 24.0 Å². The van der Waals surface area contributed by atoms with Gasteiger partial charge in [-0.25, -0.2) is 4.98 Å². The summed E-state index contributed by atoms with van der Waals surface area (Å²) in [6, 6.07) is 4.39. The third-order valence-corrected chi connectivity index (χ3v) is 3.04. The SMILES string of the molecule is C=CCCCn1cnc2cc(C)c(C)cc21. The van der Waals surface area contributed by atoms with Gasteiger partial charge < -0.3 is 4.57 Å². The zero-order chi connectivity index (χ0) is 11.5. The van der Waals surface area contributed by atoms with Crippen molar-refractivity contribution in [2.24, 2.45) is 0 Å². The fourth-order valence-corrected chi connectivity index (χ4v) is 1.90. The van der Waals surface area contributed by atoms with Crippen molar-refractivity contribution in [3.05, 3.63) is 42.2 Å². The van der Waals surface area contributed by atoms with Crippen LogP contribution in [0.3, 0.4) is 0 Å². The number of allylic oxidation sites excluding steroid dienone is 1. The van der Waals surface area contributed by atoms with Crippen molar-refractivity contribution in [3.63, 3.8) is 0 Å². The third kappa shape index (κ3) is 2.01. The molecule has 0 radical (unpaired) electrons. The highest BCUT2D eigenvalue weighted by molar-refractivity contribution is 5.77. The van der Waals surface area contributed by atoms with E-state index >= 15 is 0 Å². The summed E-state index contributed by atoms with van der Waals surface area (Å²) in [5, 5.41) is 0. The normalized spacial score (nSPS) is 10.9. The van der Waals surface area contributed by atoms with E-state index in [2.05, 4.69) is 42.1 Å². The van der Waals surface area contributed by atoms with Crippen LogP contribution in [-0.4, -0.2) is 9.55 Å². The molecule has 0 saturated heterocycles. The lowest BCUT2D eigenvalue weighted by Crippen LogP contribution is -1.95. The van der Waals surface area contributed by atoms with Gasteiger partial charge in [0.1, 0.15) is 0 Å². The molecule has 1 aromatic heterocycles. The molecule has 2 heteroatoms. The molecule has 0 bridgehead atoms. The third-order valence-electron chi connectivity index (χ3n) is 3.04. The topological polar surface area (TPSA) is 17.8 Å². The largest absolute Gasteiger partial charge is 0.331 e. The zero-order valence-electron chi connectivity index (χ0n) is 10.0. The molecule has 0 spiro atoms. The summed E-state index contributed by atoms with van der Waals surface area (Å²) in [7, 11) is 0. The van der Waals surface area contributed by atoms with E-state index in [1.807, 2.05) is 12.4 Å². The Morgan fingerprint density at radius 1 is 1.31 bits per heavy atom. The van der Waals surface area contributed by atoms with Crippen LogP contribution in [0.25, 0.3) is 11.0 Å². The van der Waals surface area contributed by atoms with Crippen LogP contribution in [0.4, 0.5) is 0 Å². The van der Waals surface area contributed by atoms with Gasteiger partial charge in [0.25, 0.3) is 0 Å². The van der Waals surface area contributed by atoms with E-state index in [4.69, 9.17) is 0 Å². The van der Waals surface area contributed by atoms with Crippen molar-refractivity contribution in [1.29, 1.82) is 0 Å². The minimum atomic E-state index is 1.02. The number of aryl methyl sites for hydroxylation is 3. The highest BCUT2D eigenvalue weighted by Crippen LogP contribution is 2.18.